The van der Waals surface area contributed by atoms with Crippen LogP contribution < -0.4 is 0 Å². The number of hydrogen-bond donors (Lipinski definition) is 1. The SMILES string of the molecule is CC(=O)/C=C(/C)O.[Ir].[c-]1ccccc1-c1cn(Cc2ccccc2)cn1. The van der Waals surface area contributed by atoms with E-state index in [1.165, 1.54) is 25.5 Å². The van der Waals surface area contributed by atoms with Gasteiger partial charge in [-0.2, -0.15) is 0 Å². The quantitative estimate of drug-likeness (QED) is 0.312. The average Bonchev–Trinajstić information content (AvgIpc) is 3.04. The Morgan fingerprint density at radius 3 is 2.38 bits per heavy atom. The summed E-state index contributed by atoms with van der Waals surface area (Å²) < 4.78 is 2.09. The molecule has 1 aromatic heterocycles. The summed E-state index contributed by atoms with van der Waals surface area (Å²) in [7, 11) is 0. The van der Waals surface area contributed by atoms with Gasteiger partial charge >= 0.3 is 0 Å². The first-order valence-corrected chi connectivity index (χ1v) is 7.95. The van der Waals surface area contributed by atoms with Crippen molar-refractivity contribution in [3.63, 3.8) is 0 Å². The van der Waals surface area contributed by atoms with Crippen molar-refractivity contribution in [1.82, 2.24) is 9.55 Å². The summed E-state index contributed by atoms with van der Waals surface area (Å²) in [5.41, 5.74) is 3.27. The van der Waals surface area contributed by atoms with Gasteiger partial charge in [-0.15, -0.1) is 35.9 Å². The van der Waals surface area contributed by atoms with Crippen molar-refractivity contribution in [2.45, 2.75) is 20.4 Å². The largest absolute Gasteiger partial charge is 0.512 e. The molecule has 5 heteroatoms. The molecule has 0 bridgehead atoms. The predicted octanol–water partition coefficient (Wildman–Crippen LogP) is 4.43. The summed E-state index contributed by atoms with van der Waals surface area (Å²) in [5.74, 6) is -0.0625. The number of allylic oxidation sites excluding steroid dienone is 2. The molecule has 4 nitrogen and oxygen atoms in total. The number of ketones is 1. The standard InChI is InChI=1S/C16H13N2.C5H8O2.Ir/c1-3-7-14(8-4-1)11-18-12-16(17-13-18)15-9-5-2-6-10-15;1-4(6)3-5(2)7;/h1-9,12-13H,11H2;3,6H,1-2H3;/q-1;;/b;4-3-;. The number of carbonyl (C=O) groups excluding carboxylic acids is 1. The third-order valence-electron chi connectivity index (χ3n) is 3.24. The number of imidazole rings is 1. The number of hydrogen-bond acceptors (Lipinski definition) is 3. The van der Waals surface area contributed by atoms with Crippen molar-refractivity contribution in [3.05, 3.63) is 90.6 Å². The van der Waals surface area contributed by atoms with Crippen LogP contribution in [0.15, 0.2) is 79.0 Å². The minimum atomic E-state index is -0.125. The van der Waals surface area contributed by atoms with Gasteiger partial charge in [0.15, 0.2) is 5.78 Å². The van der Waals surface area contributed by atoms with Crippen molar-refractivity contribution < 1.29 is 30.0 Å². The van der Waals surface area contributed by atoms with Gasteiger partial charge in [-0.1, -0.05) is 30.3 Å². The van der Waals surface area contributed by atoms with Gasteiger partial charge in [0.1, 0.15) is 0 Å². The number of nitrogens with zero attached hydrogens (tertiary/aromatic N) is 2. The molecule has 26 heavy (non-hydrogen) atoms. The van der Waals surface area contributed by atoms with Crippen LogP contribution in [0.4, 0.5) is 0 Å². The van der Waals surface area contributed by atoms with Crippen molar-refractivity contribution in [1.29, 1.82) is 0 Å². The Morgan fingerprint density at radius 1 is 1.15 bits per heavy atom. The van der Waals surface area contributed by atoms with E-state index < -0.39 is 0 Å². The van der Waals surface area contributed by atoms with Gasteiger partial charge in [0, 0.05) is 38.4 Å². The molecular formula is C21H21IrN2O2-. The van der Waals surface area contributed by atoms with Crippen LogP contribution in [0.3, 0.4) is 0 Å². The molecule has 0 spiro atoms. The minimum absolute atomic E-state index is 0. The van der Waals surface area contributed by atoms with E-state index in [0.29, 0.717) is 0 Å². The number of aliphatic hydroxyl groups excluding tert-OH is 1. The zero-order valence-electron chi connectivity index (χ0n) is 14.7. The maximum atomic E-state index is 10.0. The van der Waals surface area contributed by atoms with Crippen LogP contribution in [0.1, 0.15) is 19.4 Å². The number of carbonyl (C=O) groups is 1. The van der Waals surface area contributed by atoms with Gasteiger partial charge in [0.05, 0.1) is 12.1 Å². The predicted molar refractivity (Wildman–Crippen MR) is 99.1 cm³/mol. The Labute approximate surface area is 167 Å². The summed E-state index contributed by atoms with van der Waals surface area (Å²) in [6.07, 6.45) is 5.09. The molecule has 137 valence electrons. The molecule has 0 saturated carbocycles. The molecule has 0 fully saturated rings. The summed E-state index contributed by atoms with van der Waals surface area (Å²) in [4.78, 5) is 14.4. The van der Waals surface area contributed by atoms with E-state index in [0.717, 1.165) is 17.8 Å². The Morgan fingerprint density at radius 2 is 1.85 bits per heavy atom. The van der Waals surface area contributed by atoms with Gasteiger partial charge in [0.25, 0.3) is 0 Å². The minimum Gasteiger partial charge on any atom is -0.512 e. The second kappa shape index (κ2) is 11.2. The van der Waals surface area contributed by atoms with Crippen LogP contribution >= 0.6 is 0 Å². The topological polar surface area (TPSA) is 55.1 Å². The monoisotopic (exact) mass is 526 g/mol. The van der Waals surface area contributed by atoms with Crippen LogP contribution in [0.2, 0.25) is 0 Å². The smallest absolute Gasteiger partial charge is 0.155 e. The van der Waals surface area contributed by atoms with Crippen molar-refractivity contribution in [3.8, 4) is 11.3 Å². The van der Waals surface area contributed by atoms with Crippen molar-refractivity contribution in [2.24, 2.45) is 0 Å². The van der Waals surface area contributed by atoms with Crippen LogP contribution in [0.5, 0.6) is 0 Å². The summed E-state index contributed by atoms with van der Waals surface area (Å²) in [6, 6.07) is 21.5. The number of aliphatic hydroxyl groups is 1. The zero-order valence-corrected chi connectivity index (χ0v) is 17.1. The van der Waals surface area contributed by atoms with Gasteiger partial charge < -0.3 is 9.67 Å². The summed E-state index contributed by atoms with van der Waals surface area (Å²) >= 11 is 0. The van der Waals surface area contributed by atoms with Crippen LogP contribution in [0, 0.1) is 6.07 Å². The fourth-order valence-corrected chi connectivity index (χ4v) is 2.23. The molecule has 0 aliphatic rings. The van der Waals surface area contributed by atoms with E-state index in [2.05, 4.69) is 46.1 Å². The Balaban J connectivity index is 0.000000366. The molecule has 1 heterocycles. The fourth-order valence-electron chi connectivity index (χ4n) is 2.23. The number of aromatic nitrogens is 2. The van der Waals surface area contributed by atoms with Gasteiger partial charge in [-0.3, -0.25) is 9.78 Å². The normalized spacial score (nSPS) is 10.3. The molecule has 0 saturated heterocycles. The van der Waals surface area contributed by atoms with Crippen LogP contribution in [-0.2, 0) is 31.4 Å². The van der Waals surface area contributed by atoms with Gasteiger partial charge in [0.2, 0.25) is 0 Å². The van der Waals surface area contributed by atoms with E-state index in [4.69, 9.17) is 5.11 Å². The van der Waals surface area contributed by atoms with E-state index in [1.807, 2.05) is 36.7 Å². The number of rotatable bonds is 4. The molecule has 3 aromatic rings. The molecule has 1 radical (unpaired) electrons. The second-order valence-electron chi connectivity index (χ2n) is 5.59. The zero-order chi connectivity index (χ0) is 18.1. The molecule has 0 atom stereocenters. The summed E-state index contributed by atoms with van der Waals surface area (Å²) in [6.45, 7) is 3.70. The third-order valence-corrected chi connectivity index (χ3v) is 3.24. The van der Waals surface area contributed by atoms with Crippen LogP contribution in [-0.4, -0.2) is 20.4 Å². The second-order valence-corrected chi connectivity index (χ2v) is 5.59. The molecule has 1 N–H and O–H groups in total. The molecule has 3 rings (SSSR count). The van der Waals surface area contributed by atoms with Gasteiger partial charge in [-0.25, -0.2) is 0 Å². The van der Waals surface area contributed by atoms with E-state index in [1.54, 1.807) is 0 Å². The number of benzene rings is 2. The molecule has 2 aromatic carbocycles. The first-order valence-electron chi connectivity index (χ1n) is 7.95. The molecule has 0 aliphatic heterocycles. The average molecular weight is 526 g/mol. The summed E-state index contributed by atoms with van der Waals surface area (Å²) in [5, 5.41) is 8.36. The molecular weight excluding hydrogens is 504 g/mol. The van der Waals surface area contributed by atoms with Gasteiger partial charge in [-0.05, 0) is 25.6 Å². The molecule has 0 aliphatic carbocycles. The fraction of sp³-hybridized carbons (Fsp3) is 0.143. The van der Waals surface area contributed by atoms with E-state index in [-0.39, 0.29) is 31.6 Å². The first kappa shape index (κ1) is 21.6. The maximum absolute atomic E-state index is 10.0. The van der Waals surface area contributed by atoms with Crippen molar-refractivity contribution >= 4 is 5.78 Å². The Kier molecular flexibility index (Phi) is 9.27. The van der Waals surface area contributed by atoms with Crippen molar-refractivity contribution in [2.75, 3.05) is 0 Å². The third kappa shape index (κ3) is 7.60. The molecule has 0 unspecified atom stereocenters. The molecule has 0 amide bonds. The van der Waals surface area contributed by atoms with E-state index >= 15 is 0 Å². The van der Waals surface area contributed by atoms with Crippen LogP contribution in [0.25, 0.3) is 11.3 Å². The maximum Gasteiger partial charge on any atom is 0.155 e. The van der Waals surface area contributed by atoms with E-state index in [9.17, 15) is 4.79 Å². The Bertz CT molecular complexity index is 823. The Hall–Kier alpha value is -2.49. The first-order chi connectivity index (χ1) is 12.0.